The fraction of sp³-hybridized carbons (Fsp3) is 0.353. The number of aromatic nitrogens is 4. The predicted molar refractivity (Wildman–Crippen MR) is 94.8 cm³/mol. The largest absolute Gasteiger partial charge is 0.399 e. The molecule has 0 radical (unpaired) electrons. The third kappa shape index (κ3) is 2.51. The van der Waals surface area contributed by atoms with Crippen molar-refractivity contribution in [1.82, 2.24) is 19.6 Å². The van der Waals surface area contributed by atoms with Crippen LogP contribution in [0.4, 0.5) is 11.4 Å². The summed E-state index contributed by atoms with van der Waals surface area (Å²) in [5.41, 5.74) is 10.3. The average Bonchev–Trinajstić information content (AvgIpc) is 3.30. The van der Waals surface area contributed by atoms with Gasteiger partial charge in [-0.15, -0.1) is 5.10 Å². The molecular weight excluding hydrogens is 304 g/mol. The highest BCUT2D eigenvalue weighted by Gasteiger charge is 2.22. The molecule has 1 aliphatic rings. The number of pyridine rings is 1. The number of nitrogens with one attached hydrogen (secondary N) is 1. The van der Waals surface area contributed by atoms with E-state index in [0.29, 0.717) is 16.7 Å². The van der Waals surface area contributed by atoms with Crippen LogP contribution < -0.4 is 16.6 Å². The zero-order valence-electron chi connectivity index (χ0n) is 13.8. The Bertz CT molecular complexity index is 983. The molecule has 0 saturated heterocycles. The van der Waals surface area contributed by atoms with Gasteiger partial charge >= 0.3 is 0 Å². The Morgan fingerprint density at radius 3 is 2.71 bits per heavy atom. The molecule has 1 aromatic carbocycles. The standard InChI is InChI=1S/C17H20N6O/c1-22-9-13(15-16(17(22)24)21-23(2)20-15)12-7-11(18)5-6-14(12)19-8-10-3-4-10/h5-7,9-10,19H,3-4,8,18H2,1-2H3. The molecule has 1 saturated carbocycles. The summed E-state index contributed by atoms with van der Waals surface area (Å²) in [5.74, 6) is 0.757. The summed E-state index contributed by atoms with van der Waals surface area (Å²) in [4.78, 5) is 13.7. The number of aryl methyl sites for hydroxylation is 2. The molecule has 0 atom stereocenters. The summed E-state index contributed by atoms with van der Waals surface area (Å²) < 4.78 is 1.54. The normalized spacial score (nSPS) is 14.2. The van der Waals surface area contributed by atoms with Crippen molar-refractivity contribution in [2.75, 3.05) is 17.6 Å². The van der Waals surface area contributed by atoms with E-state index in [0.717, 1.165) is 29.3 Å². The number of benzene rings is 1. The van der Waals surface area contributed by atoms with E-state index in [9.17, 15) is 4.79 Å². The molecule has 7 nitrogen and oxygen atoms in total. The van der Waals surface area contributed by atoms with E-state index < -0.39 is 0 Å². The summed E-state index contributed by atoms with van der Waals surface area (Å²) >= 11 is 0. The van der Waals surface area contributed by atoms with E-state index in [1.54, 1.807) is 24.9 Å². The van der Waals surface area contributed by atoms with E-state index in [1.807, 2.05) is 18.2 Å². The highest BCUT2D eigenvalue weighted by Crippen LogP contribution is 2.35. The first kappa shape index (κ1) is 14.7. The van der Waals surface area contributed by atoms with Crippen LogP contribution in [0.5, 0.6) is 0 Å². The molecule has 0 unspecified atom stereocenters. The highest BCUT2D eigenvalue weighted by molar-refractivity contribution is 5.95. The van der Waals surface area contributed by atoms with Crippen LogP contribution in [0, 0.1) is 5.92 Å². The van der Waals surface area contributed by atoms with Gasteiger partial charge in [-0.3, -0.25) is 4.79 Å². The number of hydrogen-bond acceptors (Lipinski definition) is 5. The number of nitrogens with two attached hydrogens (primary N) is 1. The van der Waals surface area contributed by atoms with E-state index >= 15 is 0 Å². The molecule has 124 valence electrons. The van der Waals surface area contributed by atoms with Crippen LogP contribution >= 0.6 is 0 Å². The Kier molecular flexibility index (Phi) is 3.30. The fourth-order valence-corrected chi connectivity index (χ4v) is 2.92. The Morgan fingerprint density at radius 2 is 1.96 bits per heavy atom. The molecule has 7 heteroatoms. The molecular formula is C17H20N6O. The van der Waals surface area contributed by atoms with Crippen molar-refractivity contribution >= 4 is 22.4 Å². The van der Waals surface area contributed by atoms with E-state index in [4.69, 9.17) is 5.73 Å². The molecule has 0 bridgehead atoms. The number of anilines is 2. The molecule has 4 rings (SSSR count). The van der Waals surface area contributed by atoms with Gasteiger partial charge in [-0.2, -0.15) is 9.90 Å². The lowest BCUT2D eigenvalue weighted by Crippen LogP contribution is -2.17. The molecule has 0 spiro atoms. The van der Waals surface area contributed by atoms with Crippen LogP contribution in [0.1, 0.15) is 12.8 Å². The van der Waals surface area contributed by atoms with Crippen molar-refractivity contribution < 1.29 is 0 Å². The lowest BCUT2D eigenvalue weighted by molar-refractivity contribution is 0.664. The number of hydrogen-bond donors (Lipinski definition) is 2. The smallest absolute Gasteiger partial charge is 0.280 e. The maximum absolute atomic E-state index is 12.3. The number of nitrogens with zero attached hydrogens (tertiary/aromatic N) is 4. The van der Waals surface area contributed by atoms with Gasteiger partial charge in [0.05, 0.1) is 0 Å². The second-order valence-electron chi connectivity index (χ2n) is 6.47. The van der Waals surface area contributed by atoms with Gasteiger partial charge in [0, 0.05) is 49.3 Å². The van der Waals surface area contributed by atoms with Crippen LogP contribution in [-0.4, -0.2) is 26.1 Å². The Balaban J connectivity index is 1.91. The van der Waals surface area contributed by atoms with Gasteiger partial charge in [0.15, 0.2) is 5.52 Å². The van der Waals surface area contributed by atoms with Gasteiger partial charge in [0.1, 0.15) is 5.52 Å². The molecule has 24 heavy (non-hydrogen) atoms. The third-order valence-electron chi connectivity index (χ3n) is 4.43. The average molecular weight is 324 g/mol. The van der Waals surface area contributed by atoms with Gasteiger partial charge in [-0.05, 0) is 37.0 Å². The van der Waals surface area contributed by atoms with Gasteiger partial charge in [-0.25, -0.2) is 0 Å². The zero-order chi connectivity index (χ0) is 16.8. The minimum atomic E-state index is -0.154. The van der Waals surface area contributed by atoms with Crippen LogP contribution in [0.25, 0.3) is 22.2 Å². The van der Waals surface area contributed by atoms with Gasteiger partial charge < -0.3 is 15.6 Å². The fourth-order valence-electron chi connectivity index (χ4n) is 2.92. The predicted octanol–water partition coefficient (Wildman–Crippen LogP) is 1.74. The maximum atomic E-state index is 12.3. The zero-order valence-corrected chi connectivity index (χ0v) is 13.8. The Hall–Kier alpha value is -2.83. The molecule has 3 N–H and O–H groups in total. The minimum absolute atomic E-state index is 0.154. The lowest BCUT2D eigenvalue weighted by atomic mass is 10.0. The quantitative estimate of drug-likeness (QED) is 0.713. The SMILES string of the molecule is Cn1nc2c(-c3cc(N)ccc3NCC3CC3)cn(C)c(=O)c2n1. The molecule has 3 aromatic rings. The third-order valence-corrected chi connectivity index (χ3v) is 4.43. The summed E-state index contributed by atoms with van der Waals surface area (Å²) in [6, 6.07) is 5.79. The van der Waals surface area contributed by atoms with Crippen molar-refractivity contribution in [3.05, 3.63) is 34.7 Å². The van der Waals surface area contributed by atoms with Gasteiger partial charge in [-0.1, -0.05) is 0 Å². The molecule has 1 aliphatic carbocycles. The monoisotopic (exact) mass is 324 g/mol. The molecule has 0 amide bonds. The van der Waals surface area contributed by atoms with Crippen LogP contribution in [0.15, 0.2) is 29.2 Å². The summed E-state index contributed by atoms with van der Waals surface area (Å²) in [6.45, 7) is 0.951. The van der Waals surface area contributed by atoms with Gasteiger partial charge in [0.25, 0.3) is 5.56 Å². The molecule has 0 aliphatic heterocycles. The minimum Gasteiger partial charge on any atom is -0.399 e. The summed E-state index contributed by atoms with van der Waals surface area (Å²) in [5, 5.41) is 12.1. The second-order valence-corrected chi connectivity index (χ2v) is 6.47. The Morgan fingerprint density at radius 1 is 1.21 bits per heavy atom. The first-order valence-corrected chi connectivity index (χ1v) is 8.07. The molecule has 2 heterocycles. The topological polar surface area (TPSA) is 90.8 Å². The number of nitrogen functional groups attached to an aromatic ring is 1. The Labute approximate surface area is 139 Å². The number of fused-ring (bicyclic) bond motifs is 1. The van der Waals surface area contributed by atoms with Crippen molar-refractivity contribution in [3.63, 3.8) is 0 Å². The van der Waals surface area contributed by atoms with Crippen molar-refractivity contribution in [2.45, 2.75) is 12.8 Å². The first-order valence-electron chi connectivity index (χ1n) is 8.07. The summed E-state index contributed by atoms with van der Waals surface area (Å²) in [6.07, 6.45) is 4.37. The molecule has 2 aromatic heterocycles. The van der Waals surface area contributed by atoms with E-state index in [1.165, 1.54) is 17.6 Å². The van der Waals surface area contributed by atoms with Crippen LogP contribution in [-0.2, 0) is 14.1 Å². The van der Waals surface area contributed by atoms with Crippen molar-refractivity contribution in [3.8, 4) is 11.1 Å². The second kappa shape index (κ2) is 5.36. The maximum Gasteiger partial charge on any atom is 0.280 e. The van der Waals surface area contributed by atoms with E-state index in [-0.39, 0.29) is 5.56 Å². The van der Waals surface area contributed by atoms with Crippen molar-refractivity contribution in [1.29, 1.82) is 0 Å². The van der Waals surface area contributed by atoms with Crippen LogP contribution in [0.2, 0.25) is 0 Å². The van der Waals surface area contributed by atoms with Crippen LogP contribution in [0.3, 0.4) is 0 Å². The lowest BCUT2D eigenvalue weighted by Gasteiger charge is -2.14. The first-order chi connectivity index (χ1) is 11.5. The molecule has 1 fully saturated rings. The van der Waals surface area contributed by atoms with Gasteiger partial charge in [0.2, 0.25) is 0 Å². The van der Waals surface area contributed by atoms with E-state index in [2.05, 4.69) is 15.5 Å². The highest BCUT2D eigenvalue weighted by atomic mass is 16.1. The number of rotatable bonds is 4. The summed E-state index contributed by atoms with van der Waals surface area (Å²) in [7, 11) is 3.44. The van der Waals surface area contributed by atoms with Crippen molar-refractivity contribution in [2.24, 2.45) is 20.0 Å².